The van der Waals surface area contributed by atoms with Gasteiger partial charge in [0.2, 0.25) is 5.91 Å². The molecule has 0 bridgehead atoms. The van der Waals surface area contributed by atoms with Gasteiger partial charge in [-0.2, -0.15) is 0 Å². The Morgan fingerprint density at radius 2 is 2.45 bits per heavy atom. The summed E-state index contributed by atoms with van der Waals surface area (Å²) in [5.74, 6) is 0.188. The van der Waals surface area contributed by atoms with Gasteiger partial charge in [0.25, 0.3) is 0 Å². The van der Waals surface area contributed by atoms with Crippen LogP contribution in [0.25, 0.3) is 0 Å². The fourth-order valence-electron chi connectivity index (χ4n) is 1.53. The second-order valence-corrected chi connectivity index (χ2v) is 3.03. The third-order valence-corrected chi connectivity index (χ3v) is 2.17. The molecule has 0 spiro atoms. The van der Waals surface area contributed by atoms with Crippen LogP contribution < -0.4 is 5.32 Å². The van der Waals surface area contributed by atoms with Crippen molar-refractivity contribution in [1.82, 2.24) is 10.2 Å². The highest BCUT2D eigenvalue weighted by molar-refractivity contribution is 5.81. The van der Waals surface area contributed by atoms with Gasteiger partial charge in [-0.15, -0.1) is 0 Å². The molecule has 0 aromatic heterocycles. The molecule has 1 rings (SSSR count). The van der Waals surface area contributed by atoms with Gasteiger partial charge in [0, 0.05) is 6.54 Å². The van der Waals surface area contributed by atoms with Crippen LogP contribution in [0.1, 0.15) is 19.8 Å². The van der Waals surface area contributed by atoms with E-state index in [1.54, 1.807) is 0 Å². The summed E-state index contributed by atoms with van der Waals surface area (Å²) in [7, 11) is 2.01. The van der Waals surface area contributed by atoms with Crippen molar-refractivity contribution in [2.45, 2.75) is 25.8 Å². The first kappa shape index (κ1) is 8.53. The molecule has 0 aromatic rings. The molecule has 0 aromatic carbocycles. The lowest BCUT2D eigenvalue weighted by molar-refractivity contribution is -0.124. The minimum absolute atomic E-state index is 0.134. The Bertz CT molecular complexity index is 147. The number of nitrogens with zero attached hydrogens (tertiary/aromatic N) is 1. The van der Waals surface area contributed by atoms with Gasteiger partial charge in [0.15, 0.2) is 0 Å². The topological polar surface area (TPSA) is 32.3 Å². The second-order valence-electron chi connectivity index (χ2n) is 3.03. The number of likely N-dealkylation sites (tertiary alicyclic amines) is 1. The van der Waals surface area contributed by atoms with Crippen molar-refractivity contribution in [2.75, 3.05) is 20.1 Å². The maximum Gasteiger partial charge on any atom is 0.237 e. The smallest absolute Gasteiger partial charge is 0.237 e. The number of likely N-dealkylation sites (N-methyl/N-ethyl adjacent to an activating group) is 2. The van der Waals surface area contributed by atoms with Crippen molar-refractivity contribution in [3.8, 4) is 0 Å². The Morgan fingerprint density at radius 3 is 2.91 bits per heavy atom. The molecule has 1 N–H and O–H groups in total. The summed E-state index contributed by atoms with van der Waals surface area (Å²) < 4.78 is 0. The van der Waals surface area contributed by atoms with Crippen LogP contribution in [0.5, 0.6) is 0 Å². The predicted molar refractivity (Wildman–Crippen MR) is 44.3 cm³/mol. The van der Waals surface area contributed by atoms with Gasteiger partial charge in [-0.25, -0.2) is 0 Å². The first-order valence-electron chi connectivity index (χ1n) is 4.23. The summed E-state index contributed by atoms with van der Waals surface area (Å²) in [6.45, 7) is 3.75. The zero-order valence-corrected chi connectivity index (χ0v) is 7.26. The van der Waals surface area contributed by atoms with Crippen LogP contribution in [0.4, 0.5) is 0 Å². The van der Waals surface area contributed by atoms with E-state index in [0.29, 0.717) is 0 Å². The molecular formula is C8H16N2O. The van der Waals surface area contributed by atoms with Gasteiger partial charge in [-0.1, -0.05) is 0 Å². The van der Waals surface area contributed by atoms with Crippen molar-refractivity contribution in [1.29, 1.82) is 0 Å². The lowest BCUT2D eigenvalue weighted by Gasteiger charge is -2.17. The first-order valence-corrected chi connectivity index (χ1v) is 4.23. The highest BCUT2D eigenvalue weighted by Gasteiger charge is 2.26. The standard InChI is InChI=1S/C8H16N2O/c1-3-9-8(11)7-5-4-6-10(7)2/h7H,3-6H2,1-2H3,(H,9,11). The average Bonchev–Trinajstić information content (AvgIpc) is 2.36. The van der Waals surface area contributed by atoms with E-state index in [9.17, 15) is 4.79 Å². The minimum Gasteiger partial charge on any atom is -0.355 e. The molecule has 1 unspecified atom stereocenters. The summed E-state index contributed by atoms with van der Waals surface area (Å²) in [6, 6.07) is 0.134. The highest BCUT2D eigenvalue weighted by atomic mass is 16.2. The second kappa shape index (κ2) is 3.72. The number of rotatable bonds is 2. The molecule has 1 heterocycles. The SMILES string of the molecule is CCNC(=O)C1CCCN1C. The Balaban J connectivity index is 2.39. The van der Waals surface area contributed by atoms with Crippen molar-refractivity contribution in [2.24, 2.45) is 0 Å². The van der Waals surface area contributed by atoms with E-state index < -0.39 is 0 Å². The third-order valence-electron chi connectivity index (χ3n) is 2.17. The molecule has 1 saturated heterocycles. The van der Waals surface area contributed by atoms with Crippen molar-refractivity contribution < 1.29 is 4.79 Å². The number of amides is 1. The van der Waals surface area contributed by atoms with Gasteiger partial charge in [-0.05, 0) is 33.4 Å². The number of hydrogen-bond acceptors (Lipinski definition) is 2. The molecule has 0 saturated carbocycles. The molecule has 1 aliphatic rings. The number of carbonyl (C=O) groups is 1. The average molecular weight is 156 g/mol. The van der Waals surface area contributed by atoms with Gasteiger partial charge in [-0.3, -0.25) is 9.69 Å². The lowest BCUT2D eigenvalue weighted by Crippen LogP contribution is -2.41. The first-order chi connectivity index (χ1) is 5.25. The number of carbonyl (C=O) groups excluding carboxylic acids is 1. The maximum atomic E-state index is 11.3. The molecule has 3 nitrogen and oxygen atoms in total. The van der Waals surface area contributed by atoms with Crippen molar-refractivity contribution >= 4 is 5.91 Å². The Labute approximate surface area is 67.8 Å². The van der Waals surface area contributed by atoms with E-state index in [1.165, 1.54) is 0 Å². The Hall–Kier alpha value is -0.570. The molecule has 1 atom stereocenters. The van der Waals surface area contributed by atoms with Crippen LogP contribution in [0.2, 0.25) is 0 Å². The third kappa shape index (κ3) is 1.93. The normalized spacial score (nSPS) is 25.5. The van der Waals surface area contributed by atoms with Crippen LogP contribution >= 0.6 is 0 Å². The van der Waals surface area contributed by atoms with Gasteiger partial charge < -0.3 is 5.32 Å². The van der Waals surface area contributed by atoms with E-state index in [-0.39, 0.29) is 11.9 Å². The zero-order chi connectivity index (χ0) is 8.27. The van der Waals surface area contributed by atoms with Gasteiger partial charge in [0.1, 0.15) is 0 Å². The van der Waals surface area contributed by atoms with Gasteiger partial charge in [0.05, 0.1) is 6.04 Å². The molecule has 3 heteroatoms. The monoisotopic (exact) mass is 156 g/mol. The number of hydrogen-bond donors (Lipinski definition) is 1. The fourth-order valence-corrected chi connectivity index (χ4v) is 1.53. The largest absolute Gasteiger partial charge is 0.355 e. The molecular weight excluding hydrogens is 140 g/mol. The van der Waals surface area contributed by atoms with E-state index in [0.717, 1.165) is 25.9 Å². The lowest BCUT2D eigenvalue weighted by atomic mass is 10.2. The van der Waals surface area contributed by atoms with Crippen LogP contribution in [-0.2, 0) is 4.79 Å². The fraction of sp³-hybridized carbons (Fsp3) is 0.875. The Kier molecular flexibility index (Phi) is 2.88. The molecule has 0 radical (unpaired) electrons. The number of nitrogens with one attached hydrogen (secondary N) is 1. The maximum absolute atomic E-state index is 11.3. The quantitative estimate of drug-likeness (QED) is 0.620. The van der Waals surface area contributed by atoms with E-state index >= 15 is 0 Å². The molecule has 1 aliphatic heterocycles. The van der Waals surface area contributed by atoms with Crippen LogP contribution in [0.3, 0.4) is 0 Å². The van der Waals surface area contributed by atoms with Crippen molar-refractivity contribution in [3.63, 3.8) is 0 Å². The van der Waals surface area contributed by atoms with E-state index in [1.807, 2.05) is 14.0 Å². The molecule has 11 heavy (non-hydrogen) atoms. The summed E-state index contributed by atoms with van der Waals surface area (Å²) in [6.07, 6.45) is 2.17. The zero-order valence-electron chi connectivity index (χ0n) is 7.26. The van der Waals surface area contributed by atoms with Crippen molar-refractivity contribution in [3.05, 3.63) is 0 Å². The summed E-state index contributed by atoms with van der Waals surface area (Å²) in [5.41, 5.74) is 0. The highest BCUT2D eigenvalue weighted by Crippen LogP contribution is 2.14. The molecule has 1 fully saturated rings. The molecule has 64 valence electrons. The predicted octanol–water partition coefficient (Wildman–Crippen LogP) is 0.217. The summed E-state index contributed by atoms with van der Waals surface area (Å²) >= 11 is 0. The summed E-state index contributed by atoms with van der Waals surface area (Å²) in [4.78, 5) is 13.4. The Morgan fingerprint density at radius 1 is 1.73 bits per heavy atom. The van der Waals surface area contributed by atoms with E-state index in [2.05, 4.69) is 10.2 Å². The van der Waals surface area contributed by atoms with Crippen LogP contribution in [0.15, 0.2) is 0 Å². The minimum atomic E-state index is 0.134. The van der Waals surface area contributed by atoms with E-state index in [4.69, 9.17) is 0 Å². The molecule has 0 aliphatic carbocycles. The summed E-state index contributed by atoms with van der Waals surface area (Å²) in [5, 5.41) is 2.84. The van der Waals surface area contributed by atoms with Crippen LogP contribution in [0, 0.1) is 0 Å². The van der Waals surface area contributed by atoms with Crippen LogP contribution in [-0.4, -0.2) is 37.0 Å². The molecule has 1 amide bonds. The van der Waals surface area contributed by atoms with Gasteiger partial charge >= 0.3 is 0 Å².